The zero-order chi connectivity index (χ0) is 16.2. The highest BCUT2D eigenvalue weighted by Gasteiger charge is 2.70. The topological polar surface area (TPSA) is 55.6 Å². The molecule has 1 heterocycles. The molecule has 2 N–H and O–H groups in total. The number of rotatable bonds is 2. The summed E-state index contributed by atoms with van der Waals surface area (Å²) >= 11 is 0. The number of carbonyl (C=O) groups excluding carboxylic acids is 1. The maximum atomic E-state index is 13.2. The van der Waals surface area contributed by atoms with Crippen molar-refractivity contribution in [3.05, 3.63) is 0 Å². The van der Waals surface area contributed by atoms with E-state index in [9.17, 15) is 4.79 Å². The van der Waals surface area contributed by atoms with Crippen molar-refractivity contribution in [3.63, 3.8) is 0 Å². The normalized spacial score (nSPS) is 36.4. The van der Waals surface area contributed by atoms with E-state index < -0.39 is 5.54 Å². The minimum atomic E-state index is -0.799. The monoisotopic (exact) mass is 296 g/mol. The quantitative estimate of drug-likeness (QED) is 0.851. The fourth-order valence-electron chi connectivity index (χ4n) is 4.06. The Morgan fingerprint density at radius 3 is 2.48 bits per heavy atom. The first kappa shape index (κ1) is 16.8. The summed E-state index contributed by atoms with van der Waals surface area (Å²) in [6.45, 7) is 13.5. The number of hydrogen-bond donors (Lipinski definition) is 1. The third kappa shape index (κ3) is 2.22. The Kier molecular flexibility index (Phi) is 3.95. The van der Waals surface area contributed by atoms with Gasteiger partial charge < -0.3 is 15.4 Å². The molecule has 0 radical (unpaired) electrons. The predicted octanol–water partition coefficient (Wildman–Crippen LogP) is 2.41. The number of fused-ring (bicyclic) bond motifs is 1. The van der Waals surface area contributed by atoms with E-state index in [0.717, 1.165) is 19.4 Å². The van der Waals surface area contributed by atoms with Gasteiger partial charge in [-0.05, 0) is 25.2 Å². The Morgan fingerprint density at radius 2 is 1.95 bits per heavy atom. The maximum Gasteiger partial charge on any atom is 0.243 e. The molecule has 4 atom stereocenters. The van der Waals surface area contributed by atoms with Crippen LogP contribution in [-0.2, 0) is 9.53 Å². The number of nitrogens with two attached hydrogens (primary N) is 1. The zero-order valence-electron chi connectivity index (χ0n) is 14.7. The van der Waals surface area contributed by atoms with Gasteiger partial charge in [0, 0.05) is 31.0 Å². The van der Waals surface area contributed by atoms with Crippen LogP contribution in [0.3, 0.4) is 0 Å². The molecule has 0 aromatic carbocycles. The second kappa shape index (κ2) is 4.95. The van der Waals surface area contributed by atoms with E-state index in [1.54, 1.807) is 0 Å². The Labute approximate surface area is 129 Å². The number of nitrogens with zero attached hydrogens (tertiary/aromatic N) is 1. The van der Waals surface area contributed by atoms with Crippen LogP contribution in [0.1, 0.15) is 54.4 Å². The predicted molar refractivity (Wildman–Crippen MR) is 84.9 cm³/mol. The first-order valence-corrected chi connectivity index (χ1v) is 8.13. The molecule has 2 fully saturated rings. The van der Waals surface area contributed by atoms with E-state index in [1.165, 1.54) is 0 Å². The van der Waals surface area contributed by atoms with Gasteiger partial charge in [-0.15, -0.1) is 0 Å². The Balaban J connectivity index is 2.25. The zero-order valence-corrected chi connectivity index (χ0v) is 14.7. The van der Waals surface area contributed by atoms with E-state index in [1.807, 2.05) is 11.9 Å². The van der Waals surface area contributed by atoms with Gasteiger partial charge in [0.15, 0.2) is 0 Å². The average Bonchev–Trinajstić information content (AvgIpc) is 2.42. The number of hydrogen-bond acceptors (Lipinski definition) is 3. The number of likely N-dealkylation sites (N-methyl/N-ethyl adjacent to an activating group) is 1. The van der Waals surface area contributed by atoms with Crippen LogP contribution in [0.5, 0.6) is 0 Å². The summed E-state index contributed by atoms with van der Waals surface area (Å²) in [7, 11) is 1.89. The third-order valence-electron chi connectivity index (χ3n) is 6.19. The fraction of sp³-hybridized carbons (Fsp3) is 0.941. The first-order chi connectivity index (χ1) is 9.45. The lowest BCUT2D eigenvalue weighted by molar-refractivity contribution is -0.231. The standard InChI is InChI=1S/C17H32N2O2/c1-11(15(2,3)4)19(7)14(20)17(18)12-9-8-10-21-13(12)16(17,5)6/h11-13H,8-10,18H2,1-7H3. The van der Waals surface area contributed by atoms with Crippen molar-refractivity contribution in [1.82, 2.24) is 4.90 Å². The lowest BCUT2D eigenvalue weighted by Crippen LogP contribution is -2.82. The van der Waals surface area contributed by atoms with Gasteiger partial charge in [0.2, 0.25) is 5.91 Å². The van der Waals surface area contributed by atoms with Gasteiger partial charge in [-0.1, -0.05) is 34.6 Å². The van der Waals surface area contributed by atoms with Crippen LogP contribution in [-0.4, -0.2) is 42.1 Å². The Bertz CT molecular complexity index is 427. The summed E-state index contributed by atoms with van der Waals surface area (Å²) in [5.74, 6) is 0.227. The molecule has 122 valence electrons. The summed E-state index contributed by atoms with van der Waals surface area (Å²) in [4.78, 5) is 15.0. The van der Waals surface area contributed by atoms with Crippen LogP contribution in [0.15, 0.2) is 0 Å². The Morgan fingerprint density at radius 1 is 1.38 bits per heavy atom. The molecule has 4 heteroatoms. The lowest BCUT2D eigenvalue weighted by atomic mass is 9.46. The molecule has 4 nitrogen and oxygen atoms in total. The van der Waals surface area contributed by atoms with E-state index in [0.29, 0.717) is 0 Å². The van der Waals surface area contributed by atoms with Crippen LogP contribution in [0.4, 0.5) is 0 Å². The molecule has 1 amide bonds. The van der Waals surface area contributed by atoms with Crippen LogP contribution >= 0.6 is 0 Å². The largest absolute Gasteiger partial charge is 0.377 e. The highest BCUT2D eigenvalue weighted by molar-refractivity contribution is 5.89. The smallest absolute Gasteiger partial charge is 0.243 e. The van der Waals surface area contributed by atoms with Crippen molar-refractivity contribution in [2.75, 3.05) is 13.7 Å². The van der Waals surface area contributed by atoms with E-state index in [4.69, 9.17) is 10.5 Å². The van der Waals surface area contributed by atoms with Gasteiger partial charge in [0.25, 0.3) is 0 Å². The van der Waals surface area contributed by atoms with E-state index in [-0.39, 0.29) is 34.8 Å². The molecule has 2 aliphatic rings. The molecule has 0 spiro atoms. The molecule has 1 saturated carbocycles. The van der Waals surface area contributed by atoms with Crippen LogP contribution in [0.2, 0.25) is 0 Å². The average molecular weight is 296 g/mol. The van der Waals surface area contributed by atoms with Gasteiger partial charge >= 0.3 is 0 Å². The van der Waals surface area contributed by atoms with Crippen molar-refractivity contribution in [2.24, 2.45) is 22.5 Å². The maximum absolute atomic E-state index is 13.2. The number of ether oxygens (including phenoxy) is 1. The number of carbonyl (C=O) groups is 1. The molecule has 1 aliphatic heterocycles. The fourth-order valence-corrected chi connectivity index (χ4v) is 4.06. The van der Waals surface area contributed by atoms with Gasteiger partial charge in [-0.25, -0.2) is 0 Å². The molecule has 0 bridgehead atoms. The second-order valence-electron chi connectivity index (χ2n) is 8.59. The Hall–Kier alpha value is -0.610. The summed E-state index contributed by atoms with van der Waals surface area (Å²) in [5.41, 5.74) is 5.62. The molecule has 4 unspecified atom stereocenters. The minimum absolute atomic E-state index is 0.0388. The molecular formula is C17H32N2O2. The SMILES string of the molecule is CC(N(C)C(=O)C1(N)C2CCCOC2C1(C)C)C(C)(C)C. The van der Waals surface area contributed by atoms with Crippen LogP contribution in [0, 0.1) is 16.7 Å². The van der Waals surface area contributed by atoms with Crippen LogP contribution < -0.4 is 5.73 Å². The van der Waals surface area contributed by atoms with Gasteiger partial charge in [-0.3, -0.25) is 4.79 Å². The van der Waals surface area contributed by atoms with Gasteiger partial charge in [0.1, 0.15) is 5.54 Å². The molecular weight excluding hydrogens is 264 g/mol. The minimum Gasteiger partial charge on any atom is -0.377 e. The first-order valence-electron chi connectivity index (χ1n) is 8.13. The highest BCUT2D eigenvalue weighted by atomic mass is 16.5. The summed E-state index contributed by atoms with van der Waals surface area (Å²) in [6, 6.07) is 0.143. The number of amides is 1. The van der Waals surface area contributed by atoms with Crippen molar-refractivity contribution in [2.45, 2.75) is 72.1 Å². The summed E-state index contributed by atoms with van der Waals surface area (Å²) < 4.78 is 5.89. The second-order valence-corrected chi connectivity index (χ2v) is 8.59. The molecule has 21 heavy (non-hydrogen) atoms. The van der Waals surface area contributed by atoms with Crippen molar-refractivity contribution in [3.8, 4) is 0 Å². The summed E-state index contributed by atoms with van der Waals surface area (Å²) in [6.07, 6.45) is 2.12. The van der Waals surface area contributed by atoms with E-state index in [2.05, 4.69) is 41.5 Å². The van der Waals surface area contributed by atoms with Gasteiger partial charge in [0.05, 0.1) is 6.10 Å². The molecule has 2 rings (SSSR count). The van der Waals surface area contributed by atoms with Crippen LogP contribution in [0.25, 0.3) is 0 Å². The molecule has 0 aromatic rings. The highest BCUT2D eigenvalue weighted by Crippen LogP contribution is 2.58. The van der Waals surface area contributed by atoms with Crippen molar-refractivity contribution >= 4 is 5.91 Å². The van der Waals surface area contributed by atoms with Crippen molar-refractivity contribution in [1.29, 1.82) is 0 Å². The van der Waals surface area contributed by atoms with E-state index >= 15 is 0 Å². The third-order valence-corrected chi connectivity index (χ3v) is 6.19. The molecule has 1 saturated heterocycles. The van der Waals surface area contributed by atoms with Crippen molar-refractivity contribution < 1.29 is 9.53 Å². The summed E-state index contributed by atoms with van der Waals surface area (Å²) in [5, 5.41) is 0. The molecule has 0 aromatic heterocycles. The molecule has 1 aliphatic carbocycles. The van der Waals surface area contributed by atoms with Gasteiger partial charge in [-0.2, -0.15) is 0 Å². The lowest BCUT2D eigenvalue weighted by Gasteiger charge is -2.66.